The van der Waals surface area contributed by atoms with Crippen LogP contribution in [0.4, 0.5) is 5.82 Å². The van der Waals surface area contributed by atoms with Crippen molar-refractivity contribution in [2.24, 2.45) is 0 Å². The second kappa shape index (κ2) is 9.12. The number of hydrogen-bond donors (Lipinski definition) is 2. The molecule has 1 aromatic carbocycles. The molecule has 2 aromatic rings. The summed E-state index contributed by atoms with van der Waals surface area (Å²) in [6, 6.07) is 11.0. The molecule has 0 radical (unpaired) electrons. The number of amides is 1. The maximum Gasteiger partial charge on any atom is 0.251 e. The van der Waals surface area contributed by atoms with Crippen LogP contribution in [0.3, 0.4) is 0 Å². The van der Waals surface area contributed by atoms with Crippen molar-refractivity contribution in [1.29, 1.82) is 0 Å². The van der Waals surface area contributed by atoms with Gasteiger partial charge in [-0.05, 0) is 36.2 Å². The van der Waals surface area contributed by atoms with Crippen LogP contribution in [0.15, 0.2) is 42.6 Å². The fraction of sp³-hybridized carbons (Fsp3) is 0.294. The number of pyridine rings is 1. The van der Waals surface area contributed by atoms with Crippen LogP contribution in [0.25, 0.3) is 0 Å². The van der Waals surface area contributed by atoms with Crippen LogP contribution in [0, 0.1) is 0 Å². The lowest BCUT2D eigenvalue weighted by molar-refractivity contribution is 0.0954. The minimum Gasteiger partial charge on any atom is -0.383 e. The standard InChI is InChI=1S/C17H20ClN3O2/c1-23-10-9-20-16-12-14(6-8-19-16)17(22)21-7-5-13-3-2-4-15(18)11-13/h2-4,6,8,11-12H,5,7,9-10H2,1H3,(H,19,20)(H,21,22). The highest BCUT2D eigenvalue weighted by Gasteiger charge is 2.06. The molecule has 2 rings (SSSR count). The van der Waals surface area contributed by atoms with Gasteiger partial charge in [0.1, 0.15) is 5.82 Å². The minimum absolute atomic E-state index is 0.121. The number of anilines is 1. The third kappa shape index (κ3) is 5.88. The predicted octanol–water partition coefficient (Wildman–Crippen LogP) is 2.77. The molecule has 6 heteroatoms. The normalized spacial score (nSPS) is 10.3. The van der Waals surface area contributed by atoms with Gasteiger partial charge in [0.25, 0.3) is 5.91 Å². The average Bonchev–Trinajstić information content (AvgIpc) is 2.55. The number of nitrogens with one attached hydrogen (secondary N) is 2. The molecule has 0 saturated carbocycles. The van der Waals surface area contributed by atoms with E-state index in [1.54, 1.807) is 25.4 Å². The molecule has 0 bridgehead atoms. The number of aromatic nitrogens is 1. The Balaban J connectivity index is 1.84. The van der Waals surface area contributed by atoms with Crippen molar-refractivity contribution in [2.75, 3.05) is 32.1 Å². The highest BCUT2D eigenvalue weighted by molar-refractivity contribution is 6.30. The number of rotatable bonds is 8. The number of ether oxygens (including phenoxy) is 1. The monoisotopic (exact) mass is 333 g/mol. The summed E-state index contributed by atoms with van der Waals surface area (Å²) in [7, 11) is 1.64. The second-order valence-corrected chi connectivity index (χ2v) is 5.42. The molecule has 2 N–H and O–H groups in total. The van der Waals surface area contributed by atoms with Crippen LogP contribution in [-0.4, -0.2) is 37.7 Å². The van der Waals surface area contributed by atoms with E-state index in [0.29, 0.717) is 36.1 Å². The Kier molecular flexibility index (Phi) is 6.84. The van der Waals surface area contributed by atoms with E-state index >= 15 is 0 Å². The van der Waals surface area contributed by atoms with Crippen LogP contribution in [0.1, 0.15) is 15.9 Å². The summed E-state index contributed by atoms with van der Waals surface area (Å²) in [4.78, 5) is 16.3. The van der Waals surface area contributed by atoms with Gasteiger partial charge < -0.3 is 15.4 Å². The first kappa shape index (κ1) is 17.2. The number of carbonyl (C=O) groups excluding carboxylic acids is 1. The number of methoxy groups -OCH3 is 1. The molecule has 0 aliphatic carbocycles. The molecule has 1 amide bonds. The van der Waals surface area contributed by atoms with Crippen LogP contribution in [0.5, 0.6) is 0 Å². The van der Waals surface area contributed by atoms with E-state index in [4.69, 9.17) is 16.3 Å². The molecule has 1 heterocycles. The smallest absolute Gasteiger partial charge is 0.251 e. The maximum absolute atomic E-state index is 12.2. The SMILES string of the molecule is COCCNc1cc(C(=O)NCCc2cccc(Cl)c2)ccn1. The van der Waals surface area contributed by atoms with Gasteiger partial charge in [0.2, 0.25) is 0 Å². The summed E-state index contributed by atoms with van der Waals surface area (Å²) in [6.45, 7) is 1.77. The lowest BCUT2D eigenvalue weighted by Gasteiger charge is -2.08. The zero-order chi connectivity index (χ0) is 16.5. The highest BCUT2D eigenvalue weighted by Crippen LogP contribution is 2.11. The van der Waals surface area contributed by atoms with Gasteiger partial charge in [-0.1, -0.05) is 23.7 Å². The van der Waals surface area contributed by atoms with Gasteiger partial charge >= 0.3 is 0 Å². The molecule has 0 spiro atoms. The molecule has 0 atom stereocenters. The average molecular weight is 334 g/mol. The number of halogens is 1. The summed E-state index contributed by atoms with van der Waals surface area (Å²) >= 11 is 5.94. The van der Waals surface area contributed by atoms with E-state index in [0.717, 1.165) is 12.0 Å². The molecular formula is C17H20ClN3O2. The Morgan fingerprint density at radius 3 is 2.91 bits per heavy atom. The van der Waals surface area contributed by atoms with Crippen LogP contribution in [-0.2, 0) is 11.2 Å². The van der Waals surface area contributed by atoms with Gasteiger partial charge in [-0.2, -0.15) is 0 Å². The summed E-state index contributed by atoms with van der Waals surface area (Å²) in [5, 5.41) is 6.70. The van der Waals surface area contributed by atoms with E-state index in [1.807, 2.05) is 24.3 Å². The number of nitrogens with zero attached hydrogens (tertiary/aromatic N) is 1. The lowest BCUT2D eigenvalue weighted by Crippen LogP contribution is -2.25. The van der Waals surface area contributed by atoms with Crippen molar-refractivity contribution in [3.63, 3.8) is 0 Å². The maximum atomic E-state index is 12.2. The molecule has 0 fully saturated rings. The van der Waals surface area contributed by atoms with Crippen LogP contribution < -0.4 is 10.6 Å². The van der Waals surface area contributed by atoms with Gasteiger partial charge in [-0.15, -0.1) is 0 Å². The first-order valence-corrected chi connectivity index (χ1v) is 7.78. The Bertz CT molecular complexity index is 649. The number of carbonyl (C=O) groups is 1. The molecule has 0 aliphatic heterocycles. The topological polar surface area (TPSA) is 63.2 Å². The largest absolute Gasteiger partial charge is 0.383 e. The quantitative estimate of drug-likeness (QED) is 0.729. The summed E-state index contributed by atoms with van der Waals surface area (Å²) in [5.41, 5.74) is 1.67. The molecular weight excluding hydrogens is 314 g/mol. The summed E-state index contributed by atoms with van der Waals surface area (Å²) in [6.07, 6.45) is 2.34. The molecule has 0 saturated heterocycles. The molecule has 122 valence electrons. The van der Waals surface area contributed by atoms with Gasteiger partial charge in [-0.25, -0.2) is 4.98 Å². The molecule has 0 aliphatic rings. The number of hydrogen-bond acceptors (Lipinski definition) is 4. The fourth-order valence-corrected chi connectivity index (χ4v) is 2.28. The van der Waals surface area contributed by atoms with Crippen molar-refractivity contribution < 1.29 is 9.53 Å². The first-order valence-electron chi connectivity index (χ1n) is 7.40. The Labute approximate surface area is 141 Å². The predicted molar refractivity (Wildman–Crippen MR) is 92.1 cm³/mol. The van der Waals surface area contributed by atoms with E-state index in [9.17, 15) is 4.79 Å². The Morgan fingerprint density at radius 2 is 2.13 bits per heavy atom. The van der Waals surface area contributed by atoms with Crippen LogP contribution >= 0.6 is 11.6 Å². The van der Waals surface area contributed by atoms with Gasteiger partial charge in [-0.3, -0.25) is 4.79 Å². The van der Waals surface area contributed by atoms with Crippen molar-refractivity contribution >= 4 is 23.3 Å². The Morgan fingerprint density at radius 1 is 1.26 bits per heavy atom. The lowest BCUT2D eigenvalue weighted by atomic mass is 10.1. The van der Waals surface area contributed by atoms with Crippen molar-refractivity contribution in [3.8, 4) is 0 Å². The van der Waals surface area contributed by atoms with Crippen molar-refractivity contribution in [2.45, 2.75) is 6.42 Å². The zero-order valence-electron chi connectivity index (χ0n) is 13.0. The van der Waals surface area contributed by atoms with Crippen molar-refractivity contribution in [1.82, 2.24) is 10.3 Å². The Hall–Kier alpha value is -2.11. The molecule has 0 unspecified atom stereocenters. The second-order valence-electron chi connectivity index (χ2n) is 4.99. The van der Waals surface area contributed by atoms with E-state index in [-0.39, 0.29) is 5.91 Å². The van der Waals surface area contributed by atoms with Gasteiger partial charge in [0.15, 0.2) is 0 Å². The zero-order valence-corrected chi connectivity index (χ0v) is 13.8. The first-order chi connectivity index (χ1) is 11.2. The summed E-state index contributed by atoms with van der Waals surface area (Å²) < 4.78 is 4.97. The molecule has 5 nitrogen and oxygen atoms in total. The van der Waals surface area contributed by atoms with E-state index in [1.165, 1.54) is 0 Å². The molecule has 1 aromatic heterocycles. The van der Waals surface area contributed by atoms with E-state index < -0.39 is 0 Å². The fourth-order valence-electron chi connectivity index (χ4n) is 2.06. The minimum atomic E-state index is -0.121. The number of benzene rings is 1. The third-order valence-corrected chi connectivity index (χ3v) is 3.46. The molecule has 23 heavy (non-hydrogen) atoms. The third-order valence-electron chi connectivity index (χ3n) is 3.22. The highest BCUT2D eigenvalue weighted by atomic mass is 35.5. The van der Waals surface area contributed by atoms with Crippen LogP contribution in [0.2, 0.25) is 5.02 Å². The summed E-state index contributed by atoms with van der Waals surface area (Å²) in [5.74, 6) is 0.536. The van der Waals surface area contributed by atoms with Gasteiger partial charge in [0.05, 0.1) is 6.61 Å². The van der Waals surface area contributed by atoms with Crippen molar-refractivity contribution in [3.05, 3.63) is 58.7 Å². The van der Waals surface area contributed by atoms with Gasteiger partial charge in [0, 0.05) is 37.0 Å². The van der Waals surface area contributed by atoms with E-state index in [2.05, 4.69) is 15.6 Å².